The van der Waals surface area contributed by atoms with E-state index in [1.165, 1.54) is 220 Å². The van der Waals surface area contributed by atoms with E-state index in [4.69, 9.17) is 0 Å². The molecule has 0 aromatic carbocycles. The molecule has 8 nitrogen and oxygen atoms in total. The molecule has 0 aromatic rings. The lowest BCUT2D eigenvalue weighted by Gasteiger charge is -2.36. The van der Waals surface area contributed by atoms with Crippen LogP contribution >= 0.6 is 0 Å². The summed E-state index contributed by atoms with van der Waals surface area (Å²) in [4.78, 5) is 20.4. The molecular weight excluding hydrogens is 1100 g/mol. The standard InChI is InChI=1S/C19H38N2.C13H28N2.C13H30N2.C10H24N2.9C2H6.9CH4/c1-3-20(4-2)17-21(15-18-11-7-5-8-12-18)16-19-13-9-6-10-14-19;1-4-15(5-2)12-14(3)11-13-9-7-6-8-10-13;1-5-9-11-15(12-10-6-2)13-14(7-3)8-4;1-5-8-9-11(4)10-12(6-2)7-3;9*1-2;;;;;;;;;/h18-19H,3-17H2,1-2H3;13H,4-12H2,1-3H3;5-13H2,1-4H3;5-10H2,1-4H3;9*1-2H3;9*1H4. The highest BCUT2D eigenvalue weighted by Crippen LogP contribution is 2.28. The van der Waals surface area contributed by atoms with Gasteiger partial charge >= 0.3 is 0 Å². The van der Waals surface area contributed by atoms with Crippen molar-refractivity contribution < 1.29 is 0 Å². The second-order valence-corrected chi connectivity index (χ2v) is 20.1. The first-order valence-corrected chi connectivity index (χ1v) is 37.3. The summed E-state index contributed by atoms with van der Waals surface area (Å²) in [5, 5.41) is 0. The Morgan fingerprint density at radius 1 is 0.222 bits per heavy atom. The van der Waals surface area contributed by atoms with Crippen molar-refractivity contribution in [2.24, 2.45) is 17.8 Å². The Bertz CT molecular complexity index is 865. The van der Waals surface area contributed by atoms with E-state index >= 15 is 0 Å². The molecule has 0 radical (unpaired) electrons. The van der Waals surface area contributed by atoms with E-state index in [-0.39, 0.29) is 66.8 Å². The molecule has 8 heteroatoms. The number of nitrogens with zero attached hydrogens (tertiary/aromatic N) is 8. The van der Waals surface area contributed by atoms with Gasteiger partial charge in [0.15, 0.2) is 0 Å². The molecule has 3 fully saturated rings. The lowest BCUT2D eigenvalue weighted by Crippen LogP contribution is -2.43. The quantitative estimate of drug-likeness (QED) is 0.0634. The molecule has 3 saturated carbocycles. The Balaban J connectivity index is -0.0000000396. The average Bonchev–Trinajstić information content (AvgIpc) is 3.74. The molecule has 3 rings (SSSR count). The Morgan fingerprint density at radius 2 is 0.422 bits per heavy atom. The van der Waals surface area contributed by atoms with Crippen LogP contribution in [0.15, 0.2) is 0 Å². The lowest BCUT2D eigenvalue weighted by molar-refractivity contribution is 0.0905. The van der Waals surface area contributed by atoms with Crippen LogP contribution < -0.4 is 0 Å². The van der Waals surface area contributed by atoms with E-state index in [9.17, 15) is 0 Å². The summed E-state index contributed by atoms with van der Waals surface area (Å²) in [6, 6.07) is 0. The first-order chi connectivity index (χ1) is 39.6. The van der Waals surface area contributed by atoms with E-state index in [2.05, 4.69) is 129 Å². The Labute approximate surface area is 588 Å². The fourth-order valence-corrected chi connectivity index (χ4v) is 9.99. The minimum atomic E-state index is 0. The minimum Gasteiger partial charge on any atom is -0.294 e. The van der Waals surface area contributed by atoms with Crippen LogP contribution in [-0.2, 0) is 0 Å². The summed E-state index contributed by atoms with van der Waals surface area (Å²) in [7, 11) is 4.47. The molecule has 0 aliphatic heterocycles. The molecule has 0 atom stereocenters. The zero-order chi connectivity index (χ0) is 64.9. The summed E-state index contributed by atoms with van der Waals surface area (Å²) in [6.07, 6.45) is 30.0. The minimum absolute atomic E-state index is 0. The van der Waals surface area contributed by atoms with Gasteiger partial charge in [-0.25, -0.2) is 0 Å². The Morgan fingerprint density at radius 3 is 0.656 bits per heavy atom. The Hall–Kier alpha value is -0.320. The van der Waals surface area contributed by atoms with Crippen LogP contribution in [0.1, 0.15) is 402 Å². The average molecular weight is 1310 g/mol. The number of rotatable bonds is 31. The molecule has 0 bridgehead atoms. The van der Waals surface area contributed by atoms with Crippen LogP contribution in [0, 0.1) is 17.8 Å². The molecule has 578 valence electrons. The maximum atomic E-state index is 2.82. The van der Waals surface area contributed by atoms with Crippen molar-refractivity contribution in [2.75, 3.05) is 132 Å². The fraction of sp³-hybridized carbons (Fsp3) is 1.00. The molecule has 0 spiro atoms. The maximum absolute atomic E-state index is 2.82. The van der Waals surface area contributed by atoms with Gasteiger partial charge in [-0.2, -0.15) is 0 Å². The summed E-state index contributed by atoms with van der Waals surface area (Å²) in [6.45, 7) is 82.7. The number of unbranched alkanes of at least 4 members (excludes halogenated alkanes) is 3. The first kappa shape index (κ1) is 141. The summed E-state index contributed by atoms with van der Waals surface area (Å²) in [5.74, 6) is 2.94. The highest BCUT2D eigenvalue weighted by atomic mass is 15.3. The largest absolute Gasteiger partial charge is 0.294 e. The highest BCUT2D eigenvalue weighted by Gasteiger charge is 2.23. The van der Waals surface area contributed by atoms with Crippen LogP contribution in [0.5, 0.6) is 0 Å². The topological polar surface area (TPSA) is 25.9 Å². The van der Waals surface area contributed by atoms with Crippen molar-refractivity contribution in [3.63, 3.8) is 0 Å². The third kappa shape index (κ3) is 104. The predicted molar refractivity (Wildman–Crippen MR) is 447 cm³/mol. The Kier molecular flexibility index (Phi) is 208. The van der Waals surface area contributed by atoms with Gasteiger partial charge in [-0.3, -0.25) is 39.2 Å². The van der Waals surface area contributed by atoms with Crippen molar-refractivity contribution in [1.82, 2.24) is 39.2 Å². The SMILES string of the molecule is C.C.C.C.C.C.C.C.C.CC.CC.CC.CC.CC.CC.CC.CC.CC.CCCCN(C)CN(CC)CC.CCCCN(CCCC)CN(CC)CC.CCN(CC)CN(C)CC1CCCCC1.CCN(CC)CN(CC1CCCCC1)CC1CCCCC1. The second-order valence-electron chi connectivity index (χ2n) is 20.1. The molecule has 90 heavy (non-hydrogen) atoms. The molecular formula is C82H210N8. The van der Waals surface area contributed by atoms with Crippen LogP contribution in [0.3, 0.4) is 0 Å². The van der Waals surface area contributed by atoms with Gasteiger partial charge in [0, 0.05) is 19.6 Å². The molecule has 3 aliphatic carbocycles. The molecule has 0 heterocycles. The molecule has 0 unspecified atom stereocenters. The summed E-state index contributed by atoms with van der Waals surface area (Å²) in [5.41, 5.74) is 0. The van der Waals surface area contributed by atoms with E-state index in [0.717, 1.165) is 50.8 Å². The van der Waals surface area contributed by atoms with Gasteiger partial charge in [-0.15, -0.1) is 0 Å². The number of hydrogen-bond donors (Lipinski definition) is 0. The van der Waals surface area contributed by atoms with Crippen molar-refractivity contribution >= 4 is 0 Å². The zero-order valence-corrected chi connectivity index (χ0v) is 63.9. The van der Waals surface area contributed by atoms with Gasteiger partial charge < -0.3 is 0 Å². The molecule has 0 aromatic heterocycles. The normalized spacial score (nSPS) is 12.4. The zero-order valence-electron chi connectivity index (χ0n) is 63.9. The fourth-order valence-electron chi connectivity index (χ4n) is 9.99. The maximum Gasteiger partial charge on any atom is 0.0506 e. The van der Waals surface area contributed by atoms with Crippen molar-refractivity contribution in [1.29, 1.82) is 0 Å². The molecule has 0 N–H and O–H groups in total. The van der Waals surface area contributed by atoms with Crippen LogP contribution in [0.2, 0.25) is 0 Å². The lowest BCUT2D eigenvalue weighted by atomic mass is 9.87. The van der Waals surface area contributed by atoms with Crippen molar-refractivity contribution in [2.45, 2.75) is 402 Å². The third-order valence-corrected chi connectivity index (χ3v) is 14.6. The van der Waals surface area contributed by atoms with Crippen LogP contribution in [0.25, 0.3) is 0 Å². The van der Waals surface area contributed by atoms with Gasteiger partial charge in [0.1, 0.15) is 0 Å². The van der Waals surface area contributed by atoms with Crippen LogP contribution in [0.4, 0.5) is 0 Å². The summed E-state index contributed by atoms with van der Waals surface area (Å²) >= 11 is 0. The first-order valence-electron chi connectivity index (χ1n) is 37.3. The van der Waals surface area contributed by atoms with Gasteiger partial charge in [-0.05, 0) is 162 Å². The third-order valence-electron chi connectivity index (χ3n) is 14.6. The van der Waals surface area contributed by atoms with Crippen molar-refractivity contribution in [3.05, 3.63) is 0 Å². The van der Waals surface area contributed by atoms with Gasteiger partial charge in [0.2, 0.25) is 0 Å². The predicted octanol–water partition coefficient (Wildman–Crippen LogP) is 27.7. The monoisotopic (exact) mass is 1310 g/mol. The second kappa shape index (κ2) is 133. The van der Waals surface area contributed by atoms with Gasteiger partial charge in [-0.1, -0.05) is 345 Å². The van der Waals surface area contributed by atoms with E-state index in [0.29, 0.717) is 0 Å². The molecule has 0 saturated heterocycles. The number of hydrogen-bond acceptors (Lipinski definition) is 8. The highest BCUT2D eigenvalue weighted by molar-refractivity contribution is 4.75. The van der Waals surface area contributed by atoms with E-state index < -0.39 is 0 Å². The van der Waals surface area contributed by atoms with E-state index in [1.54, 1.807) is 0 Å². The van der Waals surface area contributed by atoms with Crippen LogP contribution in [-0.4, -0.2) is 172 Å². The molecule has 0 amide bonds. The van der Waals surface area contributed by atoms with Gasteiger partial charge in [0.25, 0.3) is 0 Å². The van der Waals surface area contributed by atoms with Crippen molar-refractivity contribution in [3.8, 4) is 0 Å². The summed E-state index contributed by atoms with van der Waals surface area (Å²) < 4.78 is 0. The smallest absolute Gasteiger partial charge is 0.0506 e. The van der Waals surface area contributed by atoms with E-state index in [1.807, 2.05) is 125 Å². The van der Waals surface area contributed by atoms with Gasteiger partial charge in [0.05, 0.1) is 26.7 Å². The molecule has 3 aliphatic rings.